The first-order chi connectivity index (χ1) is 14.6. The van der Waals surface area contributed by atoms with Crippen molar-refractivity contribution in [2.45, 2.75) is 6.61 Å². The maximum atomic E-state index is 12.3. The number of ether oxygens (including phenoxy) is 2. The van der Waals surface area contributed by atoms with Gasteiger partial charge in [0.05, 0.1) is 30.5 Å². The molecule has 0 radical (unpaired) electrons. The minimum absolute atomic E-state index is 0.369. The van der Waals surface area contributed by atoms with Gasteiger partial charge in [-0.25, -0.2) is 5.43 Å². The SMILES string of the molecule is COc1ccc(Br)cc1C(=O)N/N=C\c1ccc(OCc2ccc(C#N)cc2)cc1. The molecule has 0 fully saturated rings. The van der Waals surface area contributed by atoms with Gasteiger partial charge in [-0.2, -0.15) is 10.4 Å². The average Bonchev–Trinajstić information content (AvgIpc) is 2.78. The van der Waals surface area contributed by atoms with E-state index in [2.05, 4.69) is 32.5 Å². The van der Waals surface area contributed by atoms with Gasteiger partial charge in [0.2, 0.25) is 0 Å². The van der Waals surface area contributed by atoms with E-state index in [1.165, 1.54) is 7.11 Å². The van der Waals surface area contributed by atoms with Crippen molar-refractivity contribution < 1.29 is 14.3 Å². The molecule has 7 heteroatoms. The van der Waals surface area contributed by atoms with E-state index >= 15 is 0 Å². The van der Waals surface area contributed by atoms with Crippen LogP contribution in [0, 0.1) is 11.3 Å². The summed E-state index contributed by atoms with van der Waals surface area (Å²) in [5, 5.41) is 12.8. The second kappa shape index (κ2) is 10.2. The molecular formula is C23H18BrN3O3. The molecule has 6 nitrogen and oxygen atoms in total. The number of nitrogens with zero attached hydrogens (tertiary/aromatic N) is 2. The molecule has 3 aromatic carbocycles. The minimum Gasteiger partial charge on any atom is -0.496 e. The van der Waals surface area contributed by atoms with Gasteiger partial charge >= 0.3 is 0 Å². The molecule has 0 heterocycles. The van der Waals surface area contributed by atoms with Crippen LogP contribution in [0.3, 0.4) is 0 Å². The summed E-state index contributed by atoms with van der Waals surface area (Å²) in [5.41, 5.74) is 5.28. The Morgan fingerprint density at radius 1 is 1.13 bits per heavy atom. The Morgan fingerprint density at radius 3 is 2.53 bits per heavy atom. The van der Waals surface area contributed by atoms with E-state index in [0.29, 0.717) is 29.2 Å². The number of carbonyl (C=O) groups excluding carboxylic acids is 1. The second-order valence-corrected chi connectivity index (χ2v) is 7.13. The number of amides is 1. The normalized spacial score (nSPS) is 10.4. The number of rotatable bonds is 7. The molecule has 0 atom stereocenters. The average molecular weight is 464 g/mol. The van der Waals surface area contributed by atoms with E-state index in [9.17, 15) is 4.79 Å². The molecule has 0 aromatic heterocycles. The van der Waals surface area contributed by atoms with Crippen LogP contribution in [0.5, 0.6) is 11.5 Å². The quantitative estimate of drug-likeness (QED) is 0.407. The number of hydrogen-bond donors (Lipinski definition) is 1. The van der Waals surface area contributed by atoms with Crippen LogP contribution in [0.1, 0.15) is 27.0 Å². The van der Waals surface area contributed by atoms with Crippen molar-refractivity contribution in [3.05, 3.63) is 93.5 Å². The van der Waals surface area contributed by atoms with Crippen molar-refractivity contribution in [2.24, 2.45) is 5.10 Å². The minimum atomic E-state index is -0.369. The van der Waals surface area contributed by atoms with Crippen LogP contribution in [0.4, 0.5) is 0 Å². The zero-order valence-corrected chi connectivity index (χ0v) is 17.7. The first kappa shape index (κ1) is 21.1. The Balaban J connectivity index is 1.55. The summed E-state index contributed by atoms with van der Waals surface area (Å²) in [5.74, 6) is 0.806. The van der Waals surface area contributed by atoms with Crippen LogP contribution in [0.2, 0.25) is 0 Å². The van der Waals surface area contributed by atoms with Crippen molar-refractivity contribution >= 4 is 28.1 Å². The number of methoxy groups -OCH3 is 1. The second-order valence-electron chi connectivity index (χ2n) is 6.21. The Hall–Kier alpha value is -3.63. The summed E-state index contributed by atoms with van der Waals surface area (Å²) in [6, 6.07) is 21.8. The Bertz CT molecular complexity index is 1090. The Kier molecular flexibility index (Phi) is 7.19. The fourth-order valence-electron chi connectivity index (χ4n) is 2.58. The molecule has 3 rings (SSSR count). The van der Waals surface area contributed by atoms with Crippen LogP contribution in [0.15, 0.2) is 76.3 Å². The summed E-state index contributed by atoms with van der Waals surface area (Å²) < 4.78 is 11.7. The van der Waals surface area contributed by atoms with E-state index < -0.39 is 0 Å². The highest BCUT2D eigenvalue weighted by atomic mass is 79.9. The van der Waals surface area contributed by atoms with Gasteiger partial charge in [-0.1, -0.05) is 28.1 Å². The number of hydrazone groups is 1. The van der Waals surface area contributed by atoms with Gasteiger partial charge in [0.15, 0.2) is 0 Å². The fourth-order valence-corrected chi connectivity index (χ4v) is 2.94. The van der Waals surface area contributed by atoms with Crippen molar-refractivity contribution in [2.75, 3.05) is 7.11 Å². The van der Waals surface area contributed by atoms with Crippen molar-refractivity contribution in [3.8, 4) is 17.6 Å². The van der Waals surface area contributed by atoms with Crippen LogP contribution in [-0.4, -0.2) is 19.2 Å². The maximum Gasteiger partial charge on any atom is 0.275 e. The molecule has 0 spiro atoms. The Morgan fingerprint density at radius 2 is 1.87 bits per heavy atom. The zero-order chi connectivity index (χ0) is 21.3. The summed E-state index contributed by atoms with van der Waals surface area (Å²) in [6.45, 7) is 0.406. The van der Waals surface area contributed by atoms with E-state index in [-0.39, 0.29) is 5.91 Å². The molecule has 30 heavy (non-hydrogen) atoms. The molecule has 0 bridgehead atoms. The van der Waals surface area contributed by atoms with Gasteiger partial charge < -0.3 is 9.47 Å². The van der Waals surface area contributed by atoms with Crippen molar-refractivity contribution in [1.29, 1.82) is 5.26 Å². The van der Waals surface area contributed by atoms with E-state index in [0.717, 1.165) is 15.6 Å². The number of halogens is 1. The van der Waals surface area contributed by atoms with E-state index in [1.807, 2.05) is 36.4 Å². The third kappa shape index (κ3) is 5.69. The highest BCUT2D eigenvalue weighted by Crippen LogP contribution is 2.22. The van der Waals surface area contributed by atoms with Gasteiger partial charge in [-0.15, -0.1) is 0 Å². The maximum absolute atomic E-state index is 12.3. The smallest absolute Gasteiger partial charge is 0.275 e. The molecule has 0 aliphatic rings. The summed E-state index contributed by atoms with van der Waals surface area (Å²) >= 11 is 3.34. The lowest BCUT2D eigenvalue weighted by Gasteiger charge is -2.07. The van der Waals surface area contributed by atoms with Crippen LogP contribution < -0.4 is 14.9 Å². The number of benzene rings is 3. The molecule has 3 aromatic rings. The summed E-state index contributed by atoms with van der Waals surface area (Å²) in [6.07, 6.45) is 1.55. The lowest BCUT2D eigenvalue weighted by atomic mass is 10.1. The third-order valence-electron chi connectivity index (χ3n) is 4.15. The monoisotopic (exact) mass is 463 g/mol. The first-order valence-corrected chi connectivity index (χ1v) is 9.77. The first-order valence-electron chi connectivity index (χ1n) is 8.98. The van der Waals surface area contributed by atoms with Gasteiger partial charge in [0.1, 0.15) is 18.1 Å². The zero-order valence-electron chi connectivity index (χ0n) is 16.1. The van der Waals surface area contributed by atoms with Crippen LogP contribution in [-0.2, 0) is 6.61 Å². The molecular weight excluding hydrogens is 446 g/mol. The molecule has 1 amide bonds. The molecule has 150 valence electrons. The van der Waals surface area contributed by atoms with Crippen LogP contribution >= 0.6 is 15.9 Å². The molecule has 0 unspecified atom stereocenters. The van der Waals surface area contributed by atoms with E-state index in [1.54, 1.807) is 36.5 Å². The van der Waals surface area contributed by atoms with Gasteiger partial charge in [-0.05, 0) is 65.7 Å². The predicted octanol–water partition coefficient (Wildman–Crippen LogP) is 4.67. The molecule has 0 aliphatic heterocycles. The number of nitrogens with one attached hydrogen (secondary N) is 1. The highest BCUT2D eigenvalue weighted by molar-refractivity contribution is 9.10. The van der Waals surface area contributed by atoms with Crippen molar-refractivity contribution in [3.63, 3.8) is 0 Å². The summed E-state index contributed by atoms with van der Waals surface area (Å²) in [4.78, 5) is 12.3. The Labute approximate surface area is 182 Å². The fraction of sp³-hybridized carbons (Fsp3) is 0.0870. The molecule has 0 aliphatic carbocycles. The predicted molar refractivity (Wildman–Crippen MR) is 118 cm³/mol. The van der Waals surface area contributed by atoms with Crippen LogP contribution in [0.25, 0.3) is 0 Å². The van der Waals surface area contributed by atoms with Gasteiger partial charge in [0.25, 0.3) is 5.91 Å². The van der Waals surface area contributed by atoms with Crippen molar-refractivity contribution in [1.82, 2.24) is 5.43 Å². The lowest BCUT2D eigenvalue weighted by molar-refractivity contribution is 0.0952. The van der Waals surface area contributed by atoms with E-state index in [4.69, 9.17) is 14.7 Å². The molecule has 0 saturated carbocycles. The third-order valence-corrected chi connectivity index (χ3v) is 4.65. The topological polar surface area (TPSA) is 83.7 Å². The standard InChI is InChI=1S/C23H18BrN3O3/c1-29-22-11-8-19(24)12-21(22)23(28)27-26-14-17-6-9-20(10-7-17)30-15-18-4-2-16(13-25)3-5-18/h2-12,14H,15H2,1H3,(H,27,28)/b26-14-. The number of hydrogen-bond acceptors (Lipinski definition) is 5. The lowest BCUT2D eigenvalue weighted by Crippen LogP contribution is -2.18. The number of carbonyl (C=O) groups is 1. The summed E-state index contributed by atoms with van der Waals surface area (Å²) in [7, 11) is 1.51. The van der Waals surface area contributed by atoms with Gasteiger partial charge in [-0.3, -0.25) is 4.79 Å². The highest BCUT2D eigenvalue weighted by Gasteiger charge is 2.11. The largest absolute Gasteiger partial charge is 0.496 e. The van der Waals surface area contributed by atoms with Gasteiger partial charge in [0, 0.05) is 4.47 Å². The number of nitriles is 1. The molecule has 1 N–H and O–H groups in total. The molecule has 0 saturated heterocycles.